The van der Waals surface area contributed by atoms with Crippen molar-refractivity contribution in [2.75, 3.05) is 13.1 Å². The summed E-state index contributed by atoms with van der Waals surface area (Å²) in [6.07, 6.45) is 4.85. The normalized spacial score (nSPS) is 20.4. The summed E-state index contributed by atoms with van der Waals surface area (Å²) in [5.74, 6) is 0.947. The number of nitrogens with zero attached hydrogens (tertiary/aromatic N) is 1. The molecule has 1 amide bonds. The fourth-order valence-corrected chi connectivity index (χ4v) is 2.42. The zero-order valence-electron chi connectivity index (χ0n) is 11.8. The highest BCUT2D eigenvalue weighted by Crippen LogP contribution is 2.24. The number of likely N-dealkylation sites (tertiary alicyclic amines) is 1. The summed E-state index contributed by atoms with van der Waals surface area (Å²) in [5.41, 5.74) is 5.89. The first-order chi connectivity index (χ1) is 7.86. The van der Waals surface area contributed by atoms with E-state index in [0.717, 1.165) is 31.8 Å². The Morgan fingerprint density at radius 3 is 2.29 bits per heavy atom. The summed E-state index contributed by atoms with van der Waals surface area (Å²) >= 11 is 0. The van der Waals surface area contributed by atoms with Gasteiger partial charge in [0.2, 0.25) is 5.91 Å². The van der Waals surface area contributed by atoms with Crippen LogP contribution in [0.3, 0.4) is 0 Å². The van der Waals surface area contributed by atoms with Crippen molar-refractivity contribution >= 4 is 5.91 Å². The number of nitrogens with two attached hydrogens (primary N) is 1. The van der Waals surface area contributed by atoms with Gasteiger partial charge in [-0.2, -0.15) is 0 Å². The van der Waals surface area contributed by atoms with Crippen molar-refractivity contribution in [1.82, 2.24) is 4.90 Å². The maximum absolute atomic E-state index is 12.2. The first-order valence-corrected chi connectivity index (χ1v) is 6.90. The van der Waals surface area contributed by atoms with Crippen LogP contribution in [0.1, 0.15) is 53.4 Å². The van der Waals surface area contributed by atoms with Gasteiger partial charge in [-0.05, 0) is 24.2 Å². The summed E-state index contributed by atoms with van der Waals surface area (Å²) in [6, 6.07) is -0.370. The third-order valence-corrected chi connectivity index (χ3v) is 3.82. The molecular weight excluding hydrogens is 212 g/mol. The molecule has 1 rings (SSSR count). The molecule has 0 aliphatic carbocycles. The molecule has 100 valence electrons. The number of amides is 1. The average Bonchev–Trinajstić information content (AvgIpc) is 2.27. The Morgan fingerprint density at radius 1 is 1.35 bits per heavy atom. The van der Waals surface area contributed by atoms with E-state index in [1.807, 2.05) is 25.7 Å². The van der Waals surface area contributed by atoms with Gasteiger partial charge in [0.1, 0.15) is 0 Å². The number of hydrogen-bond acceptors (Lipinski definition) is 2. The molecule has 0 radical (unpaired) electrons. The van der Waals surface area contributed by atoms with E-state index < -0.39 is 0 Å². The zero-order chi connectivity index (χ0) is 13.1. The minimum absolute atomic E-state index is 0.132. The summed E-state index contributed by atoms with van der Waals surface area (Å²) in [4.78, 5) is 14.2. The average molecular weight is 240 g/mol. The smallest absolute Gasteiger partial charge is 0.240 e. The lowest BCUT2D eigenvalue weighted by Crippen LogP contribution is -2.52. The van der Waals surface area contributed by atoms with Gasteiger partial charge >= 0.3 is 0 Å². The van der Waals surface area contributed by atoms with Gasteiger partial charge in [0, 0.05) is 13.1 Å². The minimum Gasteiger partial charge on any atom is -0.341 e. The van der Waals surface area contributed by atoms with Crippen LogP contribution in [0.2, 0.25) is 0 Å². The van der Waals surface area contributed by atoms with E-state index >= 15 is 0 Å². The van der Waals surface area contributed by atoms with Crippen molar-refractivity contribution in [3.63, 3.8) is 0 Å². The Bertz CT molecular complexity index is 249. The Morgan fingerprint density at radius 2 is 1.88 bits per heavy atom. The van der Waals surface area contributed by atoms with Gasteiger partial charge in [-0.15, -0.1) is 0 Å². The van der Waals surface area contributed by atoms with Crippen LogP contribution in [0.15, 0.2) is 0 Å². The Kier molecular flexibility index (Phi) is 4.99. The highest BCUT2D eigenvalue weighted by atomic mass is 16.2. The molecule has 3 heteroatoms. The maximum atomic E-state index is 12.2. The summed E-state index contributed by atoms with van der Waals surface area (Å²) in [7, 11) is 0. The quantitative estimate of drug-likeness (QED) is 0.823. The summed E-state index contributed by atoms with van der Waals surface area (Å²) in [5, 5.41) is 0. The molecule has 0 saturated carbocycles. The zero-order valence-corrected chi connectivity index (χ0v) is 11.8. The van der Waals surface area contributed by atoms with Crippen molar-refractivity contribution in [2.45, 2.75) is 59.4 Å². The predicted molar refractivity (Wildman–Crippen MR) is 71.6 cm³/mol. The van der Waals surface area contributed by atoms with E-state index in [0.29, 0.717) is 0 Å². The first-order valence-electron chi connectivity index (χ1n) is 6.90. The lowest BCUT2D eigenvalue weighted by molar-refractivity contribution is -0.136. The van der Waals surface area contributed by atoms with Gasteiger partial charge in [0.25, 0.3) is 0 Å². The van der Waals surface area contributed by atoms with Crippen LogP contribution in [0, 0.1) is 11.3 Å². The van der Waals surface area contributed by atoms with E-state index in [4.69, 9.17) is 5.73 Å². The summed E-state index contributed by atoms with van der Waals surface area (Å²) < 4.78 is 0. The lowest BCUT2D eigenvalue weighted by Gasteiger charge is -2.36. The Labute approximate surface area is 106 Å². The minimum atomic E-state index is -0.370. The number of hydrogen-bond donors (Lipinski definition) is 1. The second-order valence-electron chi connectivity index (χ2n) is 6.40. The van der Waals surface area contributed by atoms with Gasteiger partial charge < -0.3 is 10.6 Å². The molecule has 1 aliphatic heterocycles. The van der Waals surface area contributed by atoms with Gasteiger partial charge in [0.15, 0.2) is 0 Å². The van der Waals surface area contributed by atoms with Crippen molar-refractivity contribution in [2.24, 2.45) is 17.1 Å². The molecule has 1 fully saturated rings. The van der Waals surface area contributed by atoms with Crippen LogP contribution in [0.25, 0.3) is 0 Å². The summed E-state index contributed by atoms with van der Waals surface area (Å²) in [6.45, 7) is 10.1. The van der Waals surface area contributed by atoms with Gasteiger partial charge in [-0.1, -0.05) is 40.5 Å². The highest BCUT2D eigenvalue weighted by Gasteiger charge is 2.32. The van der Waals surface area contributed by atoms with Crippen LogP contribution in [0.5, 0.6) is 0 Å². The van der Waals surface area contributed by atoms with Crippen molar-refractivity contribution in [1.29, 1.82) is 0 Å². The molecule has 17 heavy (non-hydrogen) atoms. The molecule has 0 aromatic carbocycles. The van der Waals surface area contributed by atoms with E-state index in [1.165, 1.54) is 12.8 Å². The predicted octanol–water partition coefficient (Wildman–Crippen LogP) is 2.40. The van der Waals surface area contributed by atoms with Crippen LogP contribution in [-0.2, 0) is 4.79 Å². The third kappa shape index (κ3) is 3.98. The molecule has 0 aromatic heterocycles. The van der Waals surface area contributed by atoms with Crippen molar-refractivity contribution in [3.05, 3.63) is 0 Å². The monoisotopic (exact) mass is 240 g/mol. The SMILES string of the molecule is CCCC1CCN(C(=O)[C@H](N)C(C)(C)C)CC1. The van der Waals surface area contributed by atoms with E-state index in [1.54, 1.807) is 0 Å². The number of rotatable bonds is 3. The molecule has 1 aliphatic rings. The largest absolute Gasteiger partial charge is 0.341 e. The fraction of sp³-hybridized carbons (Fsp3) is 0.929. The molecule has 0 spiro atoms. The molecule has 0 bridgehead atoms. The molecule has 1 saturated heterocycles. The Hall–Kier alpha value is -0.570. The molecular formula is C14H28N2O. The second kappa shape index (κ2) is 5.85. The van der Waals surface area contributed by atoms with E-state index in [-0.39, 0.29) is 17.4 Å². The standard InChI is InChI=1S/C14H28N2O/c1-5-6-11-7-9-16(10-8-11)13(17)12(15)14(2,3)4/h11-12H,5-10,15H2,1-4H3/t12-/m0/s1. The highest BCUT2D eigenvalue weighted by molar-refractivity contribution is 5.82. The van der Waals surface area contributed by atoms with Gasteiger partial charge in [0.05, 0.1) is 6.04 Å². The molecule has 2 N–H and O–H groups in total. The first kappa shape index (κ1) is 14.5. The molecule has 3 nitrogen and oxygen atoms in total. The van der Waals surface area contributed by atoms with Crippen molar-refractivity contribution in [3.8, 4) is 0 Å². The van der Waals surface area contributed by atoms with Crippen LogP contribution < -0.4 is 5.73 Å². The number of carbonyl (C=O) groups excluding carboxylic acids is 1. The number of carbonyl (C=O) groups is 1. The molecule has 1 heterocycles. The molecule has 0 aromatic rings. The topological polar surface area (TPSA) is 46.3 Å². The van der Waals surface area contributed by atoms with Crippen LogP contribution in [0.4, 0.5) is 0 Å². The van der Waals surface area contributed by atoms with E-state index in [9.17, 15) is 4.79 Å². The second-order valence-corrected chi connectivity index (χ2v) is 6.40. The lowest BCUT2D eigenvalue weighted by atomic mass is 9.85. The molecule has 0 unspecified atom stereocenters. The molecule has 1 atom stereocenters. The fourth-order valence-electron chi connectivity index (χ4n) is 2.42. The van der Waals surface area contributed by atoms with Crippen LogP contribution >= 0.6 is 0 Å². The van der Waals surface area contributed by atoms with Gasteiger partial charge in [-0.3, -0.25) is 4.79 Å². The van der Waals surface area contributed by atoms with E-state index in [2.05, 4.69) is 6.92 Å². The number of piperidine rings is 1. The van der Waals surface area contributed by atoms with Gasteiger partial charge in [-0.25, -0.2) is 0 Å². The van der Waals surface area contributed by atoms with Crippen molar-refractivity contribution < 1.29 is 4.79 Å². The maximum Gasteiger partial charge on any atom is 0.240 e. The third-order valence-electron chi connectivity index (χ3n) is 3.82. The Balaban J connectivity index is 2.46. The van der Waals surface area contributed by atoms with Crippen LogP contribution in [-0.4, -0.2) is 29.9 Å².